The van der Waals surface area contributed by atoms with Gasteiger partial charge in [-0.1, -0.05) is 170 Å². The Hall–Kier alpha value is -8.14. The Kier molecular flexibility index (Phi) is 8.17. The highest BCUT2D eigenvalue weighted by Gasteiger charge is 2.18. The number of nitrogens with zero attached hydrogens (tertiary/aromatic N) is 1. The van der Waals surface area contributed by atoms with Gasteiger partial charge >= 0.3 is 0 Å². The van der Waals surface area contributed by atoms with Crippen molar-refractivity contribution < 1.29 is 8.83 Å². The number of furan rings is 2. The van der Waals surface area contributed by atoms with Gasteiger partial charge in [-0.25, -0.2) is 0 Å². The highest BCUT2D eigenvalue weighted by atomic mass is 16.3. The molecule has 0 N–H and O–H groups in total. The minimum Gasteiger partial charge on any atom is -0.456 e. The first kappa shape index (κ1) is 34.9. The second kappa shape index (κ2) is 14.3. The summed E-state index contributed by atoms with van der Waals surface area (Å²) in [6.07, 6.45) is 0. The van der Waals surface area contributed by atoms with Gasteiger partial charge in [-0.3, -0.25) is 0 Å². The first-order chi connectivity index (χ1) is 30.2. The maximum Gasteiger partial charge on any atom is 0.143 e. The lowest BCUT2D eigenvalue weighted by atomic mass is 9.96. The number of hydrogen-bond acceptors (Lipinski definition) is 3. The number of fused-ring (bicyclic) bond motifs is 7. The van der Waals surface area contributed by atoms with Crippen molar-refractivity contribution in [3.63, 3.8) is 0 Å². The van der Waals surface area contributed by atoms with Gasteiger partial charge in [-0.15, -0.1) is 0 Å². The zero-order valence-corrected chi connectivity index (χ0v) is 33.1. The van der Waals surface area contributed by atoms with E-state index in [1.54, 1.807) is 0 Å². The van der Waals surface area contributed by atoms with Gasteiger partial charge in [0, 0.05) is 44.2 Å². The number of rotatable bonds is 7. The van der Waals surface area contributed by atoms with Crippen LogP contribution >= 0.6 is 0 Å². The van der Waals surface area contributed by atoms with E-state index in [0.717, 1.165) is 83.2 Å². The van der Waals surface area contributed by atoms with Crippen LogP contribution in [0.4, 0.5) is 17.1 Å². The summed E-state index contributed by atoms with van der Waals surface area (Å²) >= 11 is 0. The third-order valence-electron chi connectivity index (χ3n) is 12.1. The van der Waals surface area contributed by atoms with Crippen LogP contribution in [0.1, 0.15) is 0 Å². The van der Waals surface area contributed by atoms with Crippen molar-refractivity contribution in [2.24, 2.45) is 0 Å². The zero-order valence-electron chi connectivity index (χ0n) is 33.1. The highest BCUT2D eigenvalue weighted by Crippen LogP contribution is 2.42. The molecule has 0 aliphatic rings. The minimum absolute atomic E-state index is 0.895. The topological polar surface area (TPSA) is 29.5 Å². The summed E-state index contributed by atoms with van der Waals surface area (Å²) in [7, 11) is 0. The molecule has 2 aromatic heterocycles. The highest BCUT2D eigenvalue weighted by molar-refractivity contribution is 6.12. The molecule has 0 atom stereocenters. The summed E-state index contributed by atoms with van der Waals surface area (Å²) in [5.74, 6) is 0. The SMILES string of the molecule is c1ccc2c(-c3ccc(-c4ccc(N(c5ccc(-c6cccc7c6oc6ccccc67)cc5)c5ccc(-c6cccc7oc8ccccc8c67)cc5)cc4)cc3)cccc2c1. The smallest absolute Gasteiger partial charge is 0.143 e. The third-order valence-corrected chi connectivity index (χ3v) is 12.1. The van der Waals surface area contributed by atoms with Gasteiger partial charge < -0.3 is 13.7 Å². The lowest BCUT2D eigenvalue weighted by molar-refractivity contribution is 0.669. The van der Waals surface area contributed by atoms with Gasteiger partial charge in [-0.05, 0) is 104 Å². The van der Waals surface area contributed by atoms with E-state index in [1.807, 2.05) is 24.3 Å². The maximum absolute atomic E-state index is 6.42. The third kappa shape index (κ3) is 5.98. The van der Waals surface area contributed by atoms with E-state index in [0.29, 0.717) is 0 Å². The van der Waals surface area contributed by atoms with Gasteiger partial charge in [0.15, 0.2) is 0 Å². The lowest BCUT2D eigenvalue weighted by Crippen LogP contribution is -2.09. The molecule has 0 saturated heterocycles. The van der Waals surface area contributed by atoms with Gasteiger partial charge in [0.05, 0.1) is 0 Å². The molecule has 12 aromatic rings. The molecular formula is C58H37NO2. The number of anilines is 3. The Morgan fingerprint density at radius 2 is 0.689 bits per heavy atom. The Labute approximate surface area is 353 Å². The summed E-state index contributed by atoms with van der Waals surface area (Å²) in [4.78, 5) is 2.33. The maximum atomic E-state index is 6.42. The Bertz CT molecular complexity index is 3550. The molecule has 0 aliphatic carbocycles. The van der Waals surface area contributed by atoms with E-state index in [9.17, 15) is 0 Å². The molecule has 0 bridgehead atoms. The quantitative estimate of drug-likeness (QED) is 0.161. The second-order valence-corrected chi connectivity index (χ2v) is 15.6. The van der Waals surface area contributed by atoms with Crippen LogP contribution in [-0.4, -0.2) is 0 Å². The van der Waals surface area contributed by atoms with Gasteiger partial charge in [0.25, 0.3) is 0 Å². The van der Waals surface area contributed by atoms with Crippen molar-refractivity contribution in [1.82, 2.24) is 0 Å². The minimum atomic E-state index is 0.895. The first-order valence-corrected chi connectivity index (χ1v) is 20.7. The predicted octanol–water partition coefficient (Wildman–Crippen LogP) is 16.8. The molecule has 3 heteroatoms. The molecule has 3 nitrogen and oxygen atoms in total. The Morgan fingerprint density at radius 3 is 1.39 bits per heavy atom. The summed E-state index contributed by atoms with van der Waals surface area (Å²) in [5.41, 5.74) is 16.1. The van der Waals surface area contributed by atoms with E-state index in [2.05, 4.69) is 205 Å². The monoisotopic (exact) mass is 779 g/mol. The van der Waals surface area contributed by atoms with Crippen LogP contribution < -0.4 is 4.90 Å². The summed E-state index contributed by atoms with van der Waals surface area (Å²) in [5, 5.41) is 7.04. The van der Waals surface area contributed by atoms with Gasteiger partial charge in [0.2, 0.25) is 0 Å². The van der Waals surface area contributed by atoms with Crippen LogP contribution in [-0.2, 0) is 0 Å². The van der Waals surface area contributed by atoms with Crippen LogP contribution in [0, 0.1) is 0 Å². The van der Waals surface area contributed by atoms with Crippen LogP contribution in [0.5, 0.6) is 0 Å². The zero-order chi connectivity index (χ0) is 40.3. The first-order valence-electron chi connectivity index (χ1n) is 20.7. The molecule has 10 aromatic carbocycles. The Morgan fingerprint density at radius 1 is 0.262 bits per heavy atom. The molecule has 0 aliphatic heterocycles. The van der Waals surface area contributed by atoms with Crippen LogP contribution in [0.25, 0.3) is 99.2 Å². The normalized spacial score (nSPS) is 11.6. The number of benzene rings is 10. The van der Waals surface area contributed by atoms with Crippen molar-refractivity contribution in [1.29, 1.82) is 0 Å². The molecule has 2 heterocycles. The summed E-state index contributed by atoms with van der Waals surface area (Å²) < 4.78 is 12.7. The summed E-state index contributed by atoms with van der Waals surface area (Å²) in [6, 6.07) is 79.9. The van der Waals surface area contributed by atoms with E-state index in [1.165, 1.54) is 33.0 Å². The molecule has 0 saturated carbocycles. The van der Waals surface area contributed by atoms with E-state index in [-0.39, 0.29) is 0 Å². The van der Waals surface area contributed by atoms with E-state index in [4.69, 9.17) is 8.83 Å². The molecule has 0 unspecified atom stereocenters. The molecule has 0 amide bonds. The lowest BCUT2D eigenvalue weighted by Gasteiger charge is -2.26. The molecule has 0 fully saturated rings. The van der Waals surface area contributed by atoms with Gasteiger partial charge in [-0.2, -0.15) is 0 Å². The van der Waals surface area contributed by atoms with Crippen molar-refractivity contribution in [2.75, 3.05) is 4.90 Å². The van der Waals surface area contributed by atoms with Crippen molar-refractivity contribution in [2.45, 2.75) is 0 Å². The van der Waals surface area contributed by atoms with E-state index < -0.39 is 0 Å². The Balaban J connectivity index is 0.918. The molecule has 61 heavy (non-hydrogen) atoms. The molecule has 286 valence electrons. The van der Waals surface area contributed by atoms with Crippen LogP contribution in [0.3, 0.4) is 0 Å². The number of hydrogen-bond donors (Lipinski definition) is 0. The van der Waals surface area contributed by atoms with Crippen LogP contribution in [0.2, 0.25) is 0 Å². The predicted molar refractivity (Wildman–Crippen MR) is 255 cm³/mol. The molecule has 0 radical (unpaired) electrons. The fraction of sp³-hybridized carbons (Fsp3) is 0. The largest absolute Gasteiger partial charge is 0.456 e. The van der Waals surface area contributed by atoms with Crippen molar-refractivity contribution in [3.05, 3.63) is 224 Å². The van der Waals surface area contributed by atoms with E-state index >= 15 is 0 Å². The molecule has 12 rings (SSSR count). The van der Waals surface area contributed by atoms with Crippen molar-refractivity contribution in [3.8, 4) is 44.5 Å². The fourth-order valence-corrected chi connectivity index (χ4v) is 9.14. The van der Waals surface area contributed by atoms with Crippen LogP contribution in [0.15, 0.2) is 233 Å². The average molecular weight is 780 g/mol. The average Bonchev–Trinajstić information content (AvgIpc) is 3.91. The number of para-hydroxylation sites is 3. The van der Waals surface area contributed by atoms with Crippen molar-refractivity contribution >= 4 is 71.7 Å². The standard InChI is InChI=1S/C58H37NO2/c1-2-12-47-40(10-1)11-7-15-48(47)41-24-22-38(23-25-41)39-26-32-44(33-27-39)59(45-34-28-42(29-35-45)49-16-9-21-56-57(49)53-14-4-6-20-55(53)60-56)46-36-30-43(31-37-46)50-17-8-18-52-51-13-3-5-19-54(51)61-58(50)52/h1-37H. The summed E-state index contributed by atoms with van der Waals surface area (Å²) in [6.45, 7) is 0. The molecular weight excluding hydrogens is 743 g/mol. The fourth-order valence-electron chi connectivity index (χ4n) is 9.14. The second-order valence-electron chi connectivity index (χ2n) is 15.6. The molecule has 0 spiro atoms. The van der Waals surface area contributed by atoms with Gasteiger partial charge in [0.1, 0.15) is 22.3 Å².